The quantitative estimate of drug-likeness (QED) is 0.783. The van der Waals surface area contributed by atoms with Gasteiger partial charge in [0.1, 0.15) is 12.4 Å². The van der Waals surface area contributed by atoms with Crippen molar-refractivity contribution >= 4 is 11.6 Å². The van der Waals surface area contributed by atoms with Gasteiger partial charge in [0.05, 0.1) is 5.69 Å². The molecule has 0 unspecified atom stereocenters. The van der Waals surface area contributed by atoms with Crippen molar-refractivity contribution in [2.45, 2.75) is 32.1 Å². The number of carbonyl (C=O) groups is 1. The zero-order chi connectivity index (χ0) is 16.7. The number of ether oxygens (including phenoxy) is 1. The van der Waals surface area contributed by atoms with Crippen LogP contribution >= 0.6 is 0 Å². The molecule has 1 aliphatic heterocycles. The van der Waals surface area contributed by atoms with Gasteiger partial charge in [-0.2, -0.15) is 0 Å². The van der Waals surface area contributed by atoms with E-state index in [9.17, 15) is 4.79 Å². The molecule has 1 aromatic carbocycles. The second-order valence-electron chi connectivity index (χ2n) is 6.47. The number of anilines is 1. The van der Waals surface area contributed by atoms with Crippen molar-refractivity contribution in [1.29, 1.82) is 0 Å². The summed E-state index contributed by atoms with van der Waals surface area (Å²) in [5.41, 5.74) is 7.79. The molecule has 2 rings (SSSR count). The molecule has 1 amide bonds. The van der Waals surface area contributed by atoms with Gasteiger partial charge in [0.15, 0.2) is 0 Å². The first-order valence-electron chi connectivity index (χ1n) is 8.50. The van der Waals surface area contributed by atoms with Crippen LogP contribution in [0.4, 0.5) is 5.69 Å². The Hall–Kier alpha value is -1.75. The standard InChI is InChI=1S/C18H29N3O2/c1-20(2)12-13-23-17-8-6-15(14-16(17)19)7-9-18(22)21-10-4-3-5-11-21/h6,8,14H,3-5,7,9-13,19H2,1-2H3. The highest BCUT2D eigenvalue weighted by Crippen LogP contribution is 2.23. The number of nitrogens with zero attached hydrogens (tertiary/aromatic N) is 2. The van der Waals surface area contributed by atoms with E-state index in [1.807, 2.05) is 37.2 Å². The Kier molecular flexibility index (Phi) is 6.71. The average Bonchev–Trinajstić information content (AvgIpc) is 2.55. The molecule has 0 spiro atoms. The Bertz CT molecular complexity index is 511. The number of aryl methyl sites for hydroxylation is 1. The van der Waals surface area contributed by atoms with Crippen LogP contribution in [0.3, 0.4) is 0 Å². The van der Waals surface area contributed by atoms with E-state index >= 15 is 0 Å². The normalized spacial score (nSPS) is 15.0. The lowest BCUT2D eigenvalue weighted by molar-refractivity contribution is -0.132. The van der Waals surface area contributed by atoms with Crippen molar-refractivity contribution in [2.24, 2.45) is 0 Å². The van der Waals surface area contributed by atoms with Crippen LogP contribution in [0.1, 0.15) is 31.2 Å². The highest BCUT2D eigenvalue weighted by molar-refractivity contribution is 5.76. The van der Waals surface area contributed by atoms with Gasteiger partial charge in [-0.15, -0.1) is 0 Å². The number of hydrogen-bond acceptors (Lipinski definition) is 4. The summed E-state index contributed by atoms with van der Waals surface area (Å²) in [6, 6.07) is 5.84. The Balaban J connectivity index is 1.81. The number of likely N-dealkylation sites (tertiary alicyclic amines) is 1. The van der Waals surface area contributed by atoms with Gasteiger partial charge in [0.2, 0.25) is 5.91 Å². The molecule has 23 heavy (non-hydrogen) atoms. The number of carbonyl (C=O) groups excluding carboxylic acids is 1. The van der Waals surface area contributed by atoms with E-state index in [1.54, 1.807) is 0 Å². The highest BCUT2D eigenvalue weighted by Gasteiger charge is 2.16. The summed E-state index contributed by atoms with van der Waals surface area (Å²) < 4.78 is 5.68. The minimum absolute atomic E-state index is 0.259. The highest BCUT2D eigenvalue weighted by atomic mass is 16.5. The molecule has 5 heteroatoms. The van der Waals surface area contributed by atoms with E-state index in [1.165, 1.54) is 6.42 Å². The summed E-state index contributed by atoms with van der Waals surface area (Å²) in [7, 11) is 4.02. The molecule has 1 fully saturated rings. The van der Waals surface area contributed by atoms with Crippen LogP contribution in [-0.4, -0.2) is 56.0 Å². The monoisotopic (exact) mass is 319 g/mol. The number of likely N-dealkylation sites (N-methyl/N-ethyl adjacent to an activating group) is 1. The van der Waals surface area contributed by atoms with Crippen LogP contribution in [0.25, 0.3) is 0 Å². The molecule has 2 N–H and O–H groups in total. The van der Waals surface area contributed by atoms with Gasteiger partial charge in [0.25, 0.3) is 0 Å². The summed E-state index contributed by atoms with van der Waals surface area (Å²) in [4.78, 5) is 16.3. The van der Waals surface area contributed by atoms with Gasteiger partial charge in [-0.1, -0.05) is 6.07 Å². The van der Waals surface area contributed by atoms with E-state index < -0.39 is 0 Å². The third kappa shape index (κ3) is 5.75. The predicted octanol–water partition coefficient (Wildman–Crippen LogP) is 2.15. The summed E-state index contributed by atoms with van der Waals surface area (Å²) in [5, 5.41) is 0. The number of amides is 1. The molecule has 0 aromatic heterocycles. The maximum atomic E-state index is 12.2. The van der Waals surface area contributed by atoms with Crippen LogP contribution in [0, 0.1) is 0 Å². The van der Waals surface area contributed by atoms with E-state index in [2.05, 4.69) is 4.90 Å². The fourth-order valence-corrected chi connectivity index (χ4v) is 2.78. The lowest BCUT2D eigenvalue weighted by Crippen LogP contribution is -2.35. The fourth-order valence-electron chi connectivity index (χ4n) is 2.78. The molecule has 0 radical (unpaired) electrons. The number of piperidine rings is 1. The first kappa shape index (κ1) is 17.6. The summed E-state index contributed by atoms with van der Waals surface area (Å²) >= 11 is 0. The van der Waals surface area contributed by atoms with Crippen molar-refractivity contribution in [2.75, 3.05) is 46.1 Å². The number of hydrogen-bond donors (Lipinski definition) is 1. The van der Waals surface area contributed by atoms with Crippen LogP contribution in [0.2, 0.25) is 0 Å². The fraction of sp³-hybridized carbons (Fsp3) is 0.611. The minimum atomic E-state index is 0.259. The third-order valence-corrected chi connectivity index (χ3v) is 4.21. The van der Waals surface area contributed by atoms with Gasteiger partial charge < -0.3 is 20.3 Å². The molecule has 0 bridgehead atoms. The Morgan fingerprint density at radius 3 is 2.65 bits per heavy atom. The second kappa shape index (κ2) is 8.77. The van der Waals surface area contributed by atoms with Crippen molar-refractivity contribution in [3.8, 4) is 5.75 Å². The predicted molar refractivity (Wildman–Crippen MR) is 93.7 cm³/mol. The Labute approximate surface area is 139 Å². The number of nitrogen functional groups attached to an aromatic ring is 1. The molecule has 0 atom stereocenters. The van der Waals surface area contributed by atoms with Crippen molar-refractivity contribution in [1.82, 2.24) is 9.80 Å². The SMILES string of the molecule is CN(C)CCOc1ccc(CCC(=O)N2CCCCC2)cc1N. The smallest absolute Gasteiger partial charge is 0.222 e. The molecule has 5 nitrogen and oxygen atoms in total. The lowest BCUT2D eigenvalue weighted by Gasteiger charge is -2.26. The second-order valence-corrected chi connectivity index (χ2v) is 6.47. The van der Waals surface area contributed by atoms with Gasteiger partial charge in [-0.25, -0.2) is 0 Å². The molecular weight excluding hydrogens is 290 g/mol. The van der Waals surface area contributed by atoms with Gasteiger partial charge >= 0.3 is 0 Å². The first-order chi connectivity index (χ1) is 11.1. The maximum absolute atomic E-state index is 12.2. The molecule has 1 heterocycles. The molecule has 128 valence electrons. The summed E-state index contributed by atoms with van der Waals surface area (Å²) in [6.07, 6.45) is 4.81. The Morgan fingerprint density at radius 2 is 2.00 bits per heavy atom. The number of nitrogens with two attached hydrogens (primary N) is 1. The first-order valence-corrected chi connectivity index (χ1v) is 8.50. The van der Waals surface area contributed by atoms with Crippen LogP contribution in [-0.2, 0) is 11.2 Å². The Morgan fingerprint density at radius 1 is 1.26 bits per heavy atom. The van der Waals surface area contributed by atoms with Crippen LogP contribution < -0.4 is 10.5 Å². The van der Waals surface area contributed by atoms with E-state index in [0.29, 0.717) is 18.7 Å². The molecule has 0 aliphatic carbocycles. The van der Waals surface area contributed by atoms with E-state index in [-0.39, 0.29) is 5.91 Å². The van der Waals surface area contributed by atoms with Crippen molar-refractivity contribution in [3.05, 3.63) is 23.8 Å². The van der Waals surface area contributed by atoms with Crippen molar-refractivity contribution in [3.63, 3.8) is 0 Å². The van der Waals surface area contributed by atoms with Crippen LogP contribution in [0.15, 0.2) is 18.2 Å². The van der Waals surface area contributed by atoms with Gasteiger partial charge in [-0.3, -0.25) is 4.79 Å². The van der Waals surface area contributed by atoms with E-state index in [4.69, 9.17) is 10.5 Å². The molecule has 0 saturated carbocycles. The zero-order valence-corrected chi connectivity index (χ0v) is 14.4. The maximum Gasteiger partial charge on any atom is 0.222 e. The summed E-state index contributed by atoms with van der Waals surface area (Å²) in [5.74, 6) is 0.979. The van der Waals surface area contributed by atoms with Crippen LogP contribution in [0.5, 0.6) is 5.75 Å². The topological polar surface area (TPSA) is 58.8 Å². The van der Waals surface area contributed by atoms with Gasteiger partial charge in [0, 0.05) is 26.1 Å². The molecule has 1 aliphatic rings. The number of benzene rings is 1. The van der Waals surface area contributed by atoms with E-state index in [0.717, 1.165) is 50.2 Å². The average molecular weight is 319 g/mol. The van der Waals surface area contributed by atoms with Crippen molar-refractivity contribution < 1.29 is 9.53 Å². The number of rotatable bonds is 7. The largest absolute Gasteiger partial charge is 0.490 e. The molecule has 1 saturated heterocycles. The molecule has 1 aromatic rings. The summed E-state index contributed by atoms with van der Waals surface area (Å²) in [6.45, 7) is 3.30. The van der Waals surface area contributed by atoms with Gasteiger partial charge in [-0.05, 0) is 57.5 Å². The third-order valence-electron chi connectivity index (χ3n) is 4.21. The lowest BCUT2D eigenvalue weighted by atomic mass is 10.1. The minimum Gasteiger partial charge on any atom is -0.490 e. The zero-order valence-electron chi connectivity index (χ0n) is 14.4. The molecular formula is C18H29N3O2.